The highest BCUT2D eigenvalue weighted by Gasteiger charge is 2.26. The van der Waals surface area contributed by atoms with Gasteiger partial charge in [-0.1, -0.05) is 18.2 Å². The number of aromatic hydroxyl groups is 1. The van der Waals surface area contributed by atoms with Crippen LogP contribution in [0.5, 0.6) is 5.88 Å². The Balaban J connectivity index is 1.78. The fourth-order valence-corrected chi connectivity index (χ4v) is 2.85. The largest absolute Gasteiger partial charge is 0.493 e. The van der Waals surface area contributed by atoms with Crippen molar-refractivity contribution >= 4 is 23.7 Å². The lowest BCUT2D eigenvalue weighted by molar-refractivity contribution is 0.0879. The van der Waals surface area contributed by atoms with Crippen molar-refractivity contribution in [2.45, 2.75) is 0 Å². The Morgan fingerprint density at radius 3 is 2.39 bits per heavy atom. The molecule has 0 spiro atoms. The zero-order valence-electron chi connectivity index (χ0n) is 14.2. The Morgan fingerprint density at radius 1 is 0.929 bits per heavy atom. The van der Waals surface area contributed by atoms with Crippen molar-refractivity contribution in [3.8, 4) is 11.6 Å². The monoisotopic (exact) mass is 376 g/mol. The van der Waals surface area contributed by atoms with Gasteiger partial charge < -0.3 is 5.11 Å². The van der Waals surface area contributed by atoms with Crippen molar-refractivity contribution < 1.29 is 14.7 Å². The summed E-state index contributed by atoms with van der Waals surface area (Å²) in [6.45, 7) is 0. The van der Waals surface area contributed by atoms with Crippen molar-refractivity contribution in [2.24, 2.45) is 4.99 Å². The number of fused-ring (bicyclic) bond motifs is 1. The van der Waals surface area contributed by atoms with Gasteiger partial charge in [-0.15, -0.1) is 0 Å². The van der Waals surface area contributed by atoms with Crippen LogP contribution in [0.3, 0.4) is 0 Å². The quantitative estimate of drug-likeness (QED) is 0.461. The Morgan fingerprint density at radius 2 is 1.64 bits per heavy atom. The van der Waals surface area contributed by atoms with E-state index < -0.39 is 28.9 Å². The van der Waals surface area contributed by atoms with E-state index in [4.69, 9.17) is 0 Å². The summed E-state index contributed by atoms with van der Waals surface area (Å²) in [6.07, 6.45) is 1.09. The van der Waals surface area contributed by atoms with Gasteiger partial charge in [-0.05, 0) is 30.3 Å². The lowest BCUT2D eigenvalue weighted by Gasteiger charge is -2.09. The second kappa shape index (κ2) is 6.47. The second-order valence-corrected chi connectivity index (χ2v) is 5.94. The maximum absolute atomic E-state index is 12.1. The van der Waals surface area contributed by atoms with Gasteiger partial charge in [-0.2, -0.15) is 0 Å². The summed E-state index contributed by atoms with van der Waals surface area (Å²) in [4.78, 5) is 53.8. The van der Waals surface area contributed by atoms with Gasteiger partial charge in [0.2, 0.25) is 5.88 Å². The number of nitrogens with one attached hydrogen (secondary N) is 2. The molecule has 2 heterocycles. The number of H-pyrrole nitrogens is 1. The SMILES string of the molecule is O=C1NC(=O)c2cc(N=Cc3c(O)n(-c4ccccc4)c(=O)[nH]c3=O)ccc21. The molecule has 3 aromatic rings. The van der Waals surface area contributed by atoms with E-state index in [-0.39, 0.29) is 16.7 Å². The maximum atomic E-state index is 12.1. The van der Waals surface area contributed by atoms with Gasteiger partial charge in [0.25, 0.3) is 17.4 Å². The van der Waals surface area contributed by atoms with Gasteiger partial charge in [0, 0.05) is 6.21 Å². The van der Waals surface area contributed by atoms with E-state index in [0.717, 1.165) is 10.8 Å². The molecule has 0 radical (unpaired) electrons. The second-order valence-electron chi connectivity index (χ2n) is 5.94. The van der Waals surface area contributed by atoms with Crippen LogP contribution in [-0.4, -0.2) is 32.7 Å². The zero-order chi connectivity index (χ0) is 19.8. The Bertz CT molecular complexity index is 1270. The van der Waals surface area contributed by atoms with Gasteiger partial charge in [0.15, 0.2) is 0 Å². The highest BCUT2D eigenvalue weighted by molar-refractivity contribution is 6.21. The minimum atomic E-state index is -0.812. The molecule has 0 fully saturated rings. The smallest absolute Gasteiger partial charge is 0.335 e. The first-order valence-corrected chi connectivity index (χ1v) is 8.13. The molecule has 9 heteroatoms. The average Bonchev–Trinajstić information content (AvgIpc) is 2.95. The molecular formula is C19H12N4O5. The van der Waals surface area contributed by atoms with Crippen LogP contribution in [0.25, 0.3) is 5.69 Å². The molecule has 1 aromatic heterocycles. The standard InChI is InChI=1S/C19H12N4O5/c24-15-12-7-6-10(8-13(12)16(25)21-15)20-9-14-17(26)22-19(28)23(18(14)27)11-4-2-1-3-5-11/h1-9,27H,(H,21,24,25)(H,22,26,28). The molecule has 0 saturated heterocycles. The molecule has 4 rings (SSSR count). The van der Waals surface area contributed by atoms with Crippen molar-refractivity contribution in [2.75, 3.05) is 0 Å². The molecule has 3 N–H and O–H groups in total. The summed E-state index contributed by atoms with van der Waals surface area (Å²) in [5, 5.41) is 12.6. The maximum Gasteiger partial charge on any atom is 0.335 e. The third kappa shape index (κ3) is 2.80. The van der Waals surface area contributed by atoms with E-state index in [0.29, 0.717) is 11.4 Å². The van der Waals surface area contributed by atoms with Crippen LogP contribution in [-0.2, 0) is 0 Å². The summed E-state index contributed by atoms with van der Waals surface area (Å²) in [5.74, 6) is -1.59. The summed E-state index contributed by atoms with van der Waals surface area (Å²) in [6, 6.07) is 12.6. The summed E-state index contributed by atoms with van der Waals surface area (Å²) < 4.78 is 0.942. The molecule has 0 bridgehead atoms. The van der Waals surface area contributed by atoms with Crippen LogP contribution < -0.4 is 16.6 Å². The number of carbonyl (C=O) groups excluding carboxylic acids is 2. The Labute approximate surface area is 156 Å². The molecule has 0 aliphatic carbocycles. The van der Waals surface area contributed by atoms with E-state index in [1.54, 1.807) is 30.3 Å². The van der Waals surface area contributed by atoms with Crippen molar-refractivity contribution in [1.29, 1.82) is 0 Å². The topological polar surface area (TPSA) is 134 Å². The number of hydrogen-bond donors (Lipinski definition) is 3. The number of para-hydroxylation sites is 1. The fourth-order valence-electron chi connectivity index (χ4n) is 2.85. The number of aromatic nitrogens is 2. The zero-order valence-corrected chi connectivity index (χ0v) is 14.2. The van der Waals surface area contributed by atoms with Gasteiger partial charge in [-0.25, -0.2) is 9.36 Å². The number of aliphatic imine (C=N–C) groups is 1. The molecule has 1 aliphatic heterocycles. The van der Waals surface area contributed by atoms with Crippen LogP contribution in [0.15, 0.2) is 63.1 Å². The van der Waals surface area contributed by atoms with E-state index in [1.165, 1.54) is 18.2 Å². The average molecular weight is 376 g/mol. The Hall–Kier alpha value is -4.27. The summed E-state index contributed by atoms with van der Waals surface area (Å²) >= 11 is 0. The molecule has 0 unspecified atom stereocenters. The van der Waals surface area contributed by atoms with Crippen LogP contribution in [0.2, 0.25) is 0 Å². The predicted octanol–water partition coefficient (Wildman–Crippen LogP) is 0.866. The van der Waals surface area contributed by atoms with Crippen molar-refractivity contribution in [3.63, 3.8) is 0 Å². The number of hydrogen-bond acceptors (Lipinski definition) is 6. The van der Waals surface area contributed by atoms with E-state index in [1.807, 2.05) is 0 Å². The molecule has 2 amide bonds. The number of amides is 2. The number of benzene rings is 2. The molecule has 28 heavy (non-hydrogen) atoms. The number of carbonyl (C=O) groups is 2. The lowest BCUT2D eigenvalue weighted by Crippen LogP contribution is -2.31. The molecule has 0 saturated carbocycles. The first-order valence-electron chi connectivity index (χ1n) is 8.13. The van der Waals surface area contributed by atoms with Crippen LogP contribution in [0.1, 0.15) is 26.3 Å². The fraction of sp³-hybridized carbons (Fsp3) is 0. The van der Waals surface area contributed by atoms with E-state index in [9.17, 15) is 24.3 Å². The number of imide groups is 1. The first-order chi connectivity index (χ1) is 13.5. The van der Waals surface area contributed by atoms with Crippen molar-refractivity contribution in [3.05, 3.63) is 86.1 Å². The lowest BCUT2D eigenvalue weighted by atomic mass is 10.1. The van der Waals surface area contributed by atoms with Gasteiger partial charge in [0.05, 0.1) is 22.5 Å². The van der Waals surface area contributed by atoms with Crippen molar-refractivity contribution in [1.82, 2.24) is 14.9 Å². The summed E-state index contributed by atoms with van der Waals surface area (Å²) in [5.41, 5.74) is -0.770. The molecular weight excluding hydrogens is 364 g/mol. The van der Waals surface area contributed by atoms with Gasteiger partial charge in [-0.3, -0.25) is 29.7 Å². The molecule has 1 aliphatic rings. The van der Waals surface area contributed by atoms with Crippen LogP contribution >= 0.6 is 0 Å². The van der Waals surface area contributed by atoms with Crippen LogP contribution in [0, 0.1) is 0 Å². The first kappa shape index (κ1) is 17.2. The third-order valence-electron chi connectivity index (χ3n) is 4.20. The van der Waals surface area contributed by atoms with E-state index in [2.05, 4.69) is 15.3 Å². The molecule has 138 valence electrons. The molecule has 2 aromatic carbocycles. The highest BCUT2D eigenvalue weighted by atomic mass is 16.3. The third-order valence-corrected chi connectivity index (χ3v) is 4.20. The summed E-state index contributed by atoms with van der Waals surface area (Å²) in [7, 11) is 0. The van der Waals surface area contributed by atoms with E-state index >= 15 is 0 Å². The normalized spacial score (nSPS) is 13.0. The van der Waals surface area contributed by atoms with Crippen LogP contribution in [0.4, 0.5) is 5.69 Å². The number of rotatable bonds is 3. The van der Waals surface area contributed by atoms with Gasteiger partial charge >= 0.3 is 5.69 Å². The Kier molecular flexibility index (Phi) is 3.96. The minimum Gasteiger partial charge on any atom is -0.493 e. The predicted molar refractivity (Wildman–Crippen MR) is 99.8 cm³/mol. The molecule has 9 nitrogen and oxygen atoms in total. The number of nitrogens with zero attached hydrogens (tertiary/aromatic N) is 2. The molecule has 0 atom stereocenters. The van der Waals surface area contributed by atoms with Gasteiger partial charge in [0.1, 0.15) is 5.56 Å². The number of aromatic amines is 1. The highest BCUT2D eigenvalue weighted by Crippen LogP contribution is 2.22. The minimum absolute atomic E-state index is 0.173.